The van der Waals surface area contributed by atoms with Gasteiger partial charge >= 0.3 is 0 Å². The Labute approximate surface area is 164 Å². The molecule has 2 aromatic heterocycles. The number of ether oxygens (including phenoxy) is 1. The number of fused-ring (bicyclic) bond motifs is 3. The van der Waals surface area contributed by atoms with Gasteiger partial charge in [-0.15, -0.1) is 0 Å². The van der Waals surface area contributed by atoms with Gasteiger partial charge in [-0.25, -0.2) is 0 Å². The van der Waals surface area contributed by atoms with Gasteiger partial charge in [0.15, 0.2) is 0 Å². The lowest BCUT2D eigenvalue weighted by Crippen LogP contribution is -2.49. The minimum absolute atomic E-state index is 0.107. The molecular weight excluding hydrogens is 350 g/mol. The molecule has 5 heteroatoms. The van der Waals surface area contributed by atoms with E-state index in [1.165, 1.54) is 0 Å². The Morgan fingerprint density at radius 3 is 2.64 bits per heavy atom. The van der Waals surface area contributed by atoms with Gasteiger partial charge in [0.05, 0.1) is 17.3 Å². The topological polar surface area (TPSA) is 55.3 Å². The van der Waals surface area contributed by atoms with Crippen LogP contribution >= 0.6 is 0 Å². The third-order valence-electron chi connectivity index (χ3n) is 5.95. The van der Waals surface area contributed by atoms with Crippen LogP contribution in [-0.2, 0) is 0 Å². The molecule has 2 fully saturated rings. The van der Waals surface area contributed by atoms with Crippen molar-refractivity contribution in [1.29, 1.82) is 0 Å². The van der Waals surface area contributed by atoms with Crippen molar-refractivity contribution in [3.05, 3.63) is 66.1 Å². The summed E-state index contributed by atoms with van der Waals surface area (Å²) in [6.07, 6.45) is 7.46. The van der Waals surface area contributed by atoms with Gasteiger partial charge < -0.3 is 9.64 Å². The van der Waals surface area contributed by atoms with E-state index >= 15 is 0 Å². The molecule has 3 aromatic rings. The monoisotopic (exact) mass is 373 g/mol. The Bertz CT molecular complexity index is 1010. The SMILES string of the molecule is Cc1ccc2cccc(C(=O)N3C4CCC3CC(Oc3cccnc3)C4)c2n1. The fraction of sp³-hybridized carbons (Fsp3) is 0.348. The minimum Gasteiger partial charge on any atom is -0.489 e. The molecule has 0 radical (unpaired) electrons. The van der Waals surface area contributed by atoms with E-state index in [4.69, 9.17) is 4.74 Å². The summed E-state index contributed by atoms with van der Waals surface area (Å²) in [5, 5.41) is 1.01. The average molecular weight is 373 g/mol. The number of piperidine rings is 1. The van der Waals surface area contributed by atoms with Gasteiger partial charge in [-0.3, -0.25) is 14.8 Å². The van der Waals surface area contributed by atoms with Crippen LogP contribution in [0.5, 0.6) is 5.75 Å². The number of nitrogens with zero attached hydrogens (tertiary/aromatic N) is 3. The predicted octanol–water partition coefficient (Wildman–Crippen LogP) is 4.15. The van der Waals surface area contributed by atoms with E-state index in [9.17, 15) is 4.79 Å². The number of hydrogen-bond donors (Lipinski definition) is 0. The van der Waals surface area contributed by atoms with E-state index < -0.39 is 0 Å². The van der Waals surface area contributed by atoms with Crippen LogP contribution in [0, 0.1) is 6.92 Å². The molecule has 0 N–H and O–H groups in total. The largest absolute Gasteiger partial charge is 0.489 e. The van der Waals surface area contributed by atoms with E-state index in [1.54, 1.807) is 12.4 Å². The first kappa shape index (κ1) is 17.2. The molecule has 0 spiro atoms. The lowest BCUT2D eigenvalue weighted by molar-refractivity contribution is 0.0359. The molecule has 1 aromatic carbocycles. The molecule has 142 valence electrons. The molecule has 2 bridgehead atoms. The summed E-state index contributed by atoms with van der Waals surface area (Å²) < 4.78 is 6.14. The van der Waals surface area contributed by atoms with Crippen molar-refractivity contribution in [2.24, 2.45) is 0 Å². The third-order valence-corrected chi connectivity index (χ3v) is 5.95. The summed E-state index contributed by atoms with van der Waals surface area (Å²) >= 11 is 0. The van der Waals surface area contributed by atoms with Crippen LogP contribution in [0.25, 0.3) is 10.9 Å². The highest BCUT2D eigenvalue weighted by atomic mass is 16.5. The van der Waals surface area contributed by atoms with Gasteiger partial charge in [-0.05, 0) is 44.0 Å². The second-order valence-corrected chi connectivity index (χ2v) is 7.83. The normalized spacial score (nSPS) is 23.8. The number of rotatable bonds is 3. The Morgan fingerprint density at radius 2 is 1.89 bits per heavy atom. The highest BCUT2D eigenvalue weighted by Crippen LogP contribution is 2.38. The lowest BCUT2D eigenvalue weighted by atomic mass is 9.97. The first-order valence-corrected chi connectivity index (χ1v) is 9.95. The van der Waals surface area contributed by atoms with Crippen molar-refractivity contribution < 1.29 is 9.53 Å². The molecule has 2 aliphatic heterocycles. The summed E-state index contributed by atoms with van der Waals surface area (Å²) in [7, 11) is 0. The fourth-order valence-electron chi connectivity index (χ4n) is 4.72. The van der Waals surface area contributed by atoms with Gasteiger partial charge in [0.1, 0.15) is 11.9 Å². The van der Waals surface area contributed by atoms with E-state index in [2.05, 4.69) is 14.9 Å². The second-order valence-electron chi connectivity index (χ2n) is 7.83. The summed E-state index contributed by atoms with van der Waals surface area (Å²) in [5.74, 6) is 0.913. The Kier molecular flexibility index (Phi) is 4.23. The number of aryl methyl sites for hydroxylation is 1. The minimum atomic E-state index is 0.107. The van der Waals surface area contributed by atoms with Crippen LogP contribution in [0.2, 0.25) is 0 Å². The standard InChI is InChI=1S/C23H23N3O2/c1-15-7-8-16-4-2-6-21(22(16)25-15)23(27)26-17-9-10-18(26)13-20(12-17)28-19-5-3-11-24-14-19/h2-8,11,14,17-18,20H,9-10,12-13H2,1H3. The maximum Gasteiger partial charge on any atom is 0.256 e. The maximum absolute atomic E-state index is 13.5. The number of hydrogen-bond acceptors (Lipinski definition) is 4. The van der Waals surface area contributed by atoms with Gasteiger partial charge in [0.2, 0.25) is 0 Å². The van der Waals surface area contributed by atoms with Crippen molar-refractivity contribution in [2.75, 3.05) is 0 Å². The van der Waals surface area contributed by atoms with Crippen LogP contribution in [0.1, 0.15) is 41.7 Å². The Balaban J connectivity index is 1.40. The fourth-order valence-corrected chi connectivity index (χ4v) is 4.72. The van der Waals surface area contributed by atoms with Crippen molar-refractivity contribution >= 4 is 16.8 Å². The first-order valence-electron chi connectivity index (χ1n) is 9.95. The van der Waals surface area contributed by atoms with Crippen LogP contribution in [0.4, 0.5) is 0 Å². The molecule has 2 aliphatic rings. The molecule has 2 saturated heterocycles. The molecule has 5 nitrogen and oxygen atoms in total. The molecule has 0 aliphatic carbocycles. The Hall–Kier alpha value is -2.95. The molecule has 0 saturated carbocycles. The van der Waals surface area contributed by atoms with Crippen molar-refractivity contribution in [3.63, 3.8) is 0 Å². The van der Waals surface area contributed by atoms with Gasteiger partial charge in [0.25, 0.3) is 5.91 Å². The van der Waals surface area contributed by atoms with Crippen LogP contribution in [-0.4, -0.2) is 39.0 Å². The van der Waals surface area contributed by atoms with Gasteiger partial charge in [-0.1, -0.05) is 18.2 Å². The van der Waals surface area contributed by atoms with Gasteiger partial charge in [0, 0.05) is 42.2 Å². The zero-order valence-electron chi connectivity index (χ0n) is 15.9. The number of carbonyl (C=O) groups is 1. The smallest absolute Gasteiger partial charge is 0.256 e. The van der Waals surface area contributed by atoms with Crippen LogP contribution in [0.15, 0.2) is 54.9 Å². The highest BCUT2D eigenvalue weighted by Gasteiger charge is 2.44. The number of aromatic nitrogens is 2. The number of carbonyl (C=O) groups excluding carboxylic acids is 1. The van der Waals surface area contributed by atoms with Gasteiger partial charge in [-0.2, -0.15) is 0 Å². The molecule has 1 amide bonds. The summed E-state index contributed by atoms with van der Waals surface area (Å²) in [4.78, 5) is 24.4. The second kappa shape index (κ2) is 6.89. The molecule has 4 heterocycles. The predicted molar refractivity (Wildman–Crippen MR) is 107 cm³/mol. The zero-order valence-corrected chi connectivity index (χ0v) is 15.9. The molecular formula is C23H23N3O2. The average Bonchev–Trinajstić information content (AvgIpc) is 2.98. The summed E-state index contributed by atoms with van der Waals surface area (Å²) in [5.41, 5.74) is 2.45. The van der Waals surface area contributed by atoms with Crippen molar-refractivity contribution in [1.82, 2.24) is 14.9 Å². The Morgan fingerprint density at radius 1 is 1.07 bits per heavy atom. The lowest BCUT2D eigenvalue weighted by Gasteiger charge is -2.39. The zero-order chi connectivity index (χ0) is 19.1. The summed E-state index contributed by atoms with van der Waals surface area (Å²) in [6.45, 7) is 1.96. The molecule has 2 unspecified atom stereocenters. The number of pyridine rings is 2. The van der Waals surface area contributed by atoms with E-state index in [-0.39, 0.29) is 24.1 Å². The van der Waals surface area contributed by atoms with Crippen LogP contribution < -0.4 is 4.74 Å². The van der Waals surface area contributed by atoms with E-state index in [0.717, 1.165) is 48.0 Å². The number of amides is 1. The van der Waals surface area contributed by atoms with E-state index in [1.807, 2.05) is 49.4 Å². The number of benzene rings is 1. The maximum atomic E-state index is 13.5. The summed E-state index contributed by atoms with van der Waals surface area (Å²) in [6, 6.07) is 14.2. The first-order chi connectivity index (χ1) is 13.7. The third kappa shape index (κ3) is 3.01. The molecule has 2 atom stereocenters. The highest BCUT2D eigenvalue weighted by molar-refractivity contribution is 6.05. The van der Waals surface area contributed by atoms with E-state index in [0.29, 0.717) is 5.56 Å². The van der Waals surface area contributed by atoms with Crippen molar-refractivity contribution in [3.8, 4) is 5.75 Å². The quantitative estimate of drug-likeness (QED) is 0.692. The molecule has 28 heavy (non-hydrogen) atoms. The number of para-hydroxylation sites is 1. The molecule has 5 rings (SSSR count). The van der Waals surface area contributed by atoms with Crippen LogP contribution in [0.3, 0.4) is 0 Å². The van der Waals surface area contributed by atoms with Crippen molar-refractivity contribution in [2.45, 2.75) is 50.8 Å².